The van der Waals surface area contributed by atoms with Crippen LogP contribution in [0.5, 0.6) is 5.88 Å². The molecular formula is C25H31N7O6. The van der Waals surface area contributed by atoms with Crippen molar-refractivity contribution in [3.63, 3.8) is 0 Å². The largest absolute Gasteiger partial charge is 0.481 e. The van der Waals surface area contributed by atoms with Crippen LogP contribution in [0.2, 0.25) is 0 Å². The second kappa shape index (κ2) is 12.3. The molecule has 4 heterocycles. The molecule has 13 heteroatoms. The number of carboxylic acid groups (broad SMARTS) is 1. The molecule has 0 bridgehead atoms. The van der Waals surface area contributed by atoms with Crippen LogP contribution in [0.4, 0.5) is 10.6 Å². The van der Waals surface area contributed by atoms with E-state index in [4.69, 9.17) is 14.6 Å². The highest BCUT2D eigenvalue weighted by Gasteiger charge is 2.24. The van der Waals surface area contributed by atoms with Crippen LogP contribution >= 0.6 is 0 Å². The van der Waals surface area contributed by atoms with Crippen molar-refractivity contribution in [2.45, 2.75) is 19.9 Å². The summed E-state index contributed by atoms with van der Waals surface area (Å²) in [7, 11) is 1.54. The van der Waals surface area contributed by atoms with Gasteiger partial charge >= 0.3 is 6.09 Å². The quantitative estimate of drug-likeness (QED) is 0.373. The van der Waals surface area contributed by atoms with Gasteiger partial charge in [-0.25, -0.2) is 14.8 Å². The average Bonchev–Trinajstić information content (AvgIpc) is 2.95. The molecule has 13 nitrogen and oxygen atoms in total. The first-order chi connectivity index (χ1) is 18.4. The first kappa shape index (κ1) is 26.8. The van der Waals surface area contributed by atoms with Crippen LogP contribution in [0.25, 0.3) is 22.3 Å². The van der Waals surface area contributed by atoms with Crippen molar-refractivity contribution in [3.05, 3.63) is 40.9 Å². The second-order valence-corrected chi connectivity index (χ2v) is 8.68. The fourth-order valence-electron chi connectivity index (χ4n) is 4.11. The van der Waals surface area contributed by atoms with Crippen molar-refractivity contribution < 1.29 is 24.2 Å². The van der Waals surface area contributed by atoms with Crippen molar-refractivity contribution in [2.75, 3.05) is 58.4 Å². The Labute approximate surface area is 219 Å². The highest BCUT2D eigenvalue weighted by molar-refractivity contribution is 5.83. The van der Waals surface area contributed by atoms with Crippen molar-refractivity contribution in [1.82, 2.24) is 29.3 Å². The van der Waals surface area contributed by atoms with E-state index in [1.54, 1.807) is 41.1 Å². The zero-order valence-electron chi connectivity index (χ0n) is 21.4. The van der Waals surface area contributed by atoms with Crippen molar-refractivity contribution >= 4 is 28.9 Å². The Morgan fingerprint density at radius 1 is 1.08 bits per heavy atom. The lowest BCUT2D eigenvalue weighted by molar-refractivity contribution is -0.130. The highest BCUT2D eigenvalue weighted by atomic mass is 16.5. The van der Waals surface area contributed by atoms with Gasteiger partial charge in [-0.15, -0.1) is 0 Å². The molecule has 1 saturated heterocycles. The minimum atomic E-state index is -1.00. The highest BCUT2D eigenvalue weighted by Crippen LogP contribution is 2.22. The second-order valence-electron chi connectivity index (χ2n) is 8.68. The predicted octanol–water partition coefficient (Wildman–Crippen LogP) is 1.52. The molecule has 1 aliphatic heterocycles. The van der Waals surface area contributed by atoms with Gasteiger partial charge in [0.25, 0.3) is 5.56 Å². The van der Waals surface area contributed by atoms with E-state index in [1.165, 1.54) is 4.90 Å². The summed E-state index contributed by atoms with van der Waals surface area (Å²) in [4.78, 5) is 53.3. The fraction of sp³-hybridized carbons (Fsp3) is 0.440. The Hall–Kier alpha value is -4.26. The molecule has 0 aromatic carbocycles. The number of methoxy groups -OCH3 is 1. The van der Waals surface area contributed by atoms with Crippen LogP contribution in [0.3, 0.4) is 0 Å². The lowest BCUT2D eigenvalue weighted by Crippen LogP contribution is -2.51. The Morgan fingerprint density at radius 2 is 1.84 bits per heavy atom. The maximum atomic E-state index is 13.4. The van der Waals surface area contributed by atoms with Crippen LogP contribution in [0.1, 0.15) is 13.3 Å². The number of anilines is 1. The maximum absolute atomic E-state index is 13.4. The van der Waals surface area contributed by atoms with E-state index in [1.807, 2.05) is 13.0 Å². The van der Waals surface area contributed by atoms with Crippen LogP contribution in [-0.4, -0.2) is 99.5 Å². The molecule has 0 saturated carbocycles. The van der Waals surface area contributed by atoms with Crippen LogP contribution in [0, 0.1) is 0 Å². The van der Waals surface area contributed by atoms with Gasteiger partial charge in [-0.3, -0.25) is 14.6 Å². The van der Waals surface area contributed by atoms with Gasteiger partial charge in [0.1, 0.15) is 5.52 Å². The number of pyridine rings is 2. The van der Waals surface area contributed by atoms with Crippen LogP contribution in [-0.2, 0) is 16.1 Å². The van der Waals surface area contributed by atoms with Gasteiger partial charge in [0.05, 0.1) is 37.7 Å². The number of carbonyl (C=O) groups is 2. The van der Waals surface area contributed by atoms with Gasteiger partial charge in [0.15, 0.2) is 5.82 Å². The third-order valence-corrected chi connectivity index (χ3v) is 6.19. The molecule has 1 aliphatic rings. The summed E-state index contributed by atoms with van der Waals surface area (Å²) in [6, 6.07) is 5.35. The molecule has 0 radical (unpaired) electrons. The molecule has 3 aromatic rings. The van der Waals surface area contributed by atoms with Gasteiger partial charge < -0.3 is 34.3 Å². The molecule has 3 aromatic heterocycles. The van der Waals surface area contributed by atoms with Crippen LogP contribution in [0.15, 0.2) is 35.4 Å². The summed E-state index contributed by atoms with van der Waals surface area (Å²) in [5, 5.41) is 12.0. The number of hydrogen-bond donors (Lipinski definition) is 2. The lowest BCUT2D eigenvalue weighted by Gasteiger charge is -2.33. The molecule has 0 spiro atoms. The average molecular weight is 526 g/mol. The number of ether oxygens (including phenoxy) is 2. The molecular weight excluding hydrogens is 494 g/mol. The minimum absolute atomic E-state index is 0.0335. The molecule has 38 heavy (non-hydrogen) atoms. The normalized spacial score (nSPS) is 13.5. The third kappa shape index (κ3) is 6.17. The third-order valence-electron chi connectivity index (χ3n) is 6.19. The number of rotatable bonds is 10. The van der Waals surface area contributed by atoms with E-state index in [9.17, 15) is 14.4 Å². The number of fused-ring (bicyclic) bond motifs is 1. The SMILES string of the molecule is CCCOCCn1c(=O)c(NCC(=O)N2CCN(C(=O)O)CC2)nc2cnc(-c3ccc(OC)nc3)cc21. The molecule has 202 valence electrons. The van der Waals surface area contributed by atoms with E-state index in [2.05, 4.69) is 20.3 Å². The summed E-state index contributed by atoms with van der Waals surface area (Å²) < 4.78 is 12.3. The summed E-state index contributed by atoms with van der Waals surface area (Å²) in [6.07, 6.45) is 3.08. The molecule has 2 N–H and O–H groups in total. The Bertz CT molecular complexity index is 1340. The zero-order chi connectivity index (χ0) is 27.1. The fourth-order valence-corrected chi connectivity index (χ4v) is 4.11. The smallest absolute Gasteiger partial charge is 0.407 e. The number of nitrogens with zero attached hydrogens (tertiary/aromatic N) is 6. The van der Waals surface area contributed by atoms with Crippen molar-refractivity contribution in [3.8, 4) is 17.1 Å². The molecule has 0 unspecified atom stereocenters. The van der Waals surface area contributed by atoms with E-state index in [0.29, 0.717) is 55.5 Å². The van der Waals surface area contributed by atoms with E-state index < -0.39 is 6.09 Å². The van der Waals surface area contributed by atoms with E-state index in [0.717, 1.165) is 12.0 Å². The van der Waals surface area contributed by atoms with Gasteiger partial charge in [0.2, 0.25) is 11.8 Å². The Balaban J connectivity index is 1.57. The van der Waals surface area contributed by atoms with Crippen molar-refractivity contribution in [2.24, 2.45) is 0 Å². The summed E-state index contributed by atoms with van der Waals surface area (Å²) in [6.45, 7) is 4.16. The molecule has 0 atom stereocenters. The summed E-state index contributed by atoms with van der Waals surface area (Å²) in [5.74, 6) is 0.274. The molecule has 0 aliphatic carbocycles. The van der Waals surface area contributed by atoms with Crippen molar-refractivity contribution in [1.29, 1.82) is 0 Å². The van der Waals surface area contributed by atoms with Gasteiger partial charge in [-0.05, 0) is 18.6 Å². The number of hydrogen-bond acceptors (Lipinski definition) is 9. The topological polar surface area (TPSA) is 152 Å². The maximum Gasteiger partial charge on any atom is 0.407 e. The predicted molar refractivity (Wildman–Crippen MR) is 139 cm³/mol. The molecule has 1 fully saturated rings. The summed E-state index contributed by atoms with van der Waals surface area (Å²) >= 11 is 0. The monoisotopic (exact) mass is 525 g/mol. The standard InChI is InChI=1S/C25H31N7O6/c1-3-11-38-12-10-32-20-13-18(17-4-5-21(37-2)27-14-17)26-15-19(20)29-23(24(32)34)28-16-22(33)30-6-8-31(9-7-30)25(35)36/h4-5,13-15H,3,6-12,16H2,1-2H3,(H,28,29)(H,35,36). The zero-order valence-corrected chi connectivity index (χ0v) is 21.4. The Morgan fingerprint density at radius 3 is 2.50 bits per heavy atom. The first-order valence-electron chi connectivity index (χ1n) is 12.4. The van der Waals surface area contributed by atoms with E-state index >= 15 is 0 Å². The number of carbonyl (C=O) groups excluding carboxylic acids is 1. The van der Waals surface area contributed by atoms with Crippen LogP contribution < -0.4 is 15.6 Å². The van der Waals surface area contributed by atoms with E-state index in [-0.39, 0.29) is 36.9 Å². The van der Waals surface area contributed by atoms with Gasteiger partial charge in [-0.1, -0.05) is 6.92 Å². The van der Waals surface area contributed by atoms with Gasteiger partial charge in [0, 0.05) is 57.2 Å². The number of amides is 2. The minimum Gasteiger partial charge on any atom is -0.481 e. The number of nitrogens with one attached hydrogen (secondary N) is 1. The number of piperazine rings is 1. The molecule has 4 rings (SSSR count). The lowest BCUT2D eigenvalue weighted by atomic mass is 10.2. The molecule has 2 amide bonds. The number of aromatic nitrogens is 4. The Kier molecular flexibility index (Phi) is 8.69. The first-order valence-corrected chi connectivity index (χ1v) is 12.4. The summed E-state index contributed by atoms with van der Waals surface area (Å²) in [5.41, 5.74) is 2.05. The van der Waals surface area contributed by atoms with Gasteiger partial charge in [-0.2, -0.15) is 0 Å².